The number of nitrogens with one attached hydrogen (secondary N) is 1. The number of carboxylic acids is 1. The van der Waals surface area contributed by atoms with E-state index in [4.69, 9.17) is 4.98 Å². The average molecular weight is 477 g/mol. The number of fused-ring (bicyclic) bond motifs is 3. The lowest BCUT2D eigenvalue weighted by atomic mass is 10.2. The Balaban J connectivity index is 1.49. The monoisotopic (exact) mass is 476 g/mol. The van der Waals surface area contributed by atoms with E-state index < -0.39 is 5.97 Å². The minimum Gasteiger partial charge on any atom is -0.477 e. The van der Waals surface area contributed by atoms with Crippen LogP contribution in [0.3, 0.4) is 0 Å². The Morgan fingerprint density at radius 1 is 1.11 bits per heavy atom. The van der Waals surface area contributed by atoms with Crippen molar-refractivity contribution in [1.29, 1.82) is 0 Å². The molecule has 0 atom stereocenters. The van der Waals surface area contributed by atoms with Gasteiger partial charge in [0.15, 0.2) is 11.6 Å². The van der Waals surface area contributed by atoms with Gasteiger partial charge in [-0.15, -0.1) is 0 Å². The van der Waals surface area contributed by atoms with Crippen LogP contribution >= 0.6 is 0 Å². The fourth-order valence-corrected chi connectivity index (χ4v) is 4.95. The summed E-state index contributed by atoms with van der Waals surface area (Å²) in [6, 6.07) is 4.18. The summed E-state index contributed by atoms with van der Waals surface area (Å²) >= 11 is 0. The zero-order valence-electron chi connectivity index (χ0n) is 20.0. The Bertz CT molecular complexity index is 1460. The Labute approximate surface area is 201 Å². The van der Waals surface area contributed by atoms with Crippen molar-refractivity contribution in [1.82, 2.24) is 34.2 Å². The van der Waals surface area contributed by atoms with Crippen LogP contribution in [0.4, 0.5) is 11.6 Å². The van der Waals surface area contributed by atoms with Crippen LogP contribution in [0.25, 0.3) is 22.1 Å². The van der Waals surface area contributed by atoms with Crippen molar-refractivity contribution in [2.45, 2.75) is 64.7 Å². The molecule has 0 radical (unpaired) electrons. The first-order valence-electron chi connectivity index (χ1n) is 12.2. The first kappa shape index (κ1) is 21.6. The van der Waals surface area contributed by atoms with Crippen molar-refractivity contribution in [3.05, 3.63) is 29.8 Å². The summed E-state index contributed by atoms with van der Waals surface area (Å²) in [5.74, 6) is 0.0662. The molecule has 0 aliphatic heterocycles. The summed E-state index contributed by atoms with van der Waals surface area (Å²) in [5, 5.41) is 14.8. The zero-order valence-corrected chi connectivity index (χ0v) is 20.0. The van der Waals surface area contributed by atoms with Crippen LogP contribution in [0.5, 0.6) is 0 Å². The van der Waals surface area contributed by atoms with Crippen LogP contribution in [-0.2, 0) is 13.1 Å². The molecule has 4 aromatic rings. The first-order chi connectivity index (χ1) is 16.9. The van der Waals surface area contributed by atoms with Gasteiger partial charge in [-0.1, -0.05) is 0 Å². The fourth-order valence-electron chi connectivity index (χ4n) is 4.95. The van der Waals surface area contributed by atoms with Gasteiger partial charge in [0.2, 0.25) is 0 Å². The maximum Gasteiger partial charge on any atom is 0.354 e. The van der Waals surface area contributed by atoms with E-state index >= 15 is 0 Å². The summed E-state index contributed by atoms with van der Waals surface area (Å²) in [4.78, 5) is 41.9. The van der Waals surface area contributed by atoms with E-state index in [1.54, 1.807) is 18.3 Å². The minimum absolute atomic E-state index is 0.0706. The molecule has 1 amide bonds. The number of hydrogen-bond donors (Lipinski definition) is 2. The van der Waals surface area contributed by atoms with Gasteiger partial charge < -0.3 is 24.5 Å². The van der Waals surface area contributed by atoms with Crippen LogP contribution in [0.2, 0.25) is 0 Å². The molecule has 0 saturated heterocycles. The third-order valence-electron chi connectivity index (χ3n) is 7.00. The molecule has 11 heteroatoms. The molecule has 2 aliphatic carbocycles. The second-order valence-electron chi connectivity index (χ2n) is 9.32. The molecule has 0 aromatic carbocycles. The summed E-state index contributed by atoms with van der Waals surface area (Å²) in [5.41, 5.74) is 2.85. The third-order valence-corrected chi connectivity index (χ3v) is 7.00. The standard InChI is InChI=1S/C24H28N8O3/c1-4-30-16(23(33)32(13-6-7-13)14-8-9-14)10-15-19-20(26-12-25-19)22(27-21(15)30)29(3)18-11-17(24(34)35)31(5-2)28-18/h10-14H,4-9H2,1-3H3,(H,25,26)(H,34,35). The maximum absolute atomic E-state index is 13.7. The number of carbonyl (C=O) groups is 2. The van der Waals surface area contributed by atoms with Crippen molar-refractivity contribution in [2.24, 2.45) is 0 Å². The van der Waals surface area contributed by atoms with Gasteiger partial charge in [-0.3, -0.25) is 9.48 Å². The third kappa shape index (κ3) is 3.36. The molecule has 6 rings (SSSR count). The molecule has 2 N–H and O–H groups in total. The number of aryl methyl sites for hydroxylation is 2. The van der Waals surface area contributed by atoms with Crippen LogP contribution in [-0.4, -0.2) is 70.3 Å². The number of H-pyrrole nitrogens is 1. The lowest BCUT2D eigenvalue weighted by Gasteiger charge is -2.22. The number of hydrogen-bond acceptors (Lipinski definition) is 6. The second kappa shape index (κ2) is 7.82. The Hall–Kier alpha value is -3.89. The van der Waals surface area contributed by atoms with Gasteiger partial charge >= 0.3 is 5.97 Å². The predicted octanol–water partition coefficient (Wildman–Crippen LogP) is 3.38. The molecule has 35 heavy (non-hydrogen) atoms. The number of amides is 1. The van der Waals surface area contributed by atoms with Gasteiger partial charge in [0.05, 0.1) is 6.33 Å². The normalized spacial score (nSPS) is 15.7. The molecule has 11 nitrogen and oxygen atoms in total. The largest absolute Gasteiger partial charge is 0.477 e. The van der Waals surface area contributed by atoms with Crippen molar-refractivity contribution >= 4 is 45.6 Å². The number of imidazole rings is 1. The van der Waals surface area contributed by atoms with Gasteiger partial charge in [0.25, 0.3) is 5.91 Å². The van der Waals surface area contributed by atoms with E-state index in [0.29, 0.717) is 53.7 Å². The summed E-state index contributed by atoms with van der Waals surface area (Å²) < 4.78 is 3.42. The highest BCUT2D eigenvalue weighted by molar-refractivity contribution is 6.10. The SMILES string of the molecule is CCn1nc(N(C)c2nc3c(cc(C(=O)N(C4CC4)C4CC4)n3CC)c3nc[nH]c23)cc1C(=O)O. The van der Waals surface area contributed by atoms with E-state index in [1.807, 2.05) is 24.5 Å². The molecule has 4 heterocycles. The second-order valence-corrected chi connectivity index (χ2v) is 9.32. The van der Waals surface area contributed by atoms with Crippen LogP contribution in [0.1, 0.15) is 60.5 Å². The number of rotatable bonds is 8. The summed E-state index contributed by atoms with van der Waals surface area (Å²) in [7, 11) is 1.80. The average Bonchev–Trinajstić information content (AvgIpc) is 3.72. The summed E-state index contributed by atoms with van der Waals surface area (Å²) in [6.07, 6.45) is 5.92. The minimum atomic E-state index is -1.03. The van der Waals surface area contributed by atoms with Crippen LogP contribution in [0.15, 0.2) is 18.5 Å². The fraction of sp³-hybridized carbons (Fsp3) is 0.458. The van der Waals surface area contributed by atoms with E-state index in [-0.39, 0.29) is 11.6 Å². The quantitative estimate of drug-likeness (QED) is 0.399. The number of anilines is 2. The summed E-state index contributed by atoms with van der Waals surface area (Å²) in [6.45, 7) is 4.88. The molecule has 2 fully saturated rings. The number of aromatic amines is 1. The molecular formula is C24H28N8O3. The van der Waals surface area contributed by atoms with Crippen molar-refractivity contribution < 1.29 is 14.7 Å². The molecule has 182 valence electrons. The number of carboxylic acid groups (broad SMARTS) is 1. The first-order valence-corrected chi connectivity index (χ1v) is 12.2. The van der Waals surface area contributed by atoms with E-state index in [2.05, 4.69) is 20.0 Å². The number of nitrogens with zero attached hydrogens (tertiary/aromatic N) is 7. The molecule has 0 spiro atoms. The number of aromatic nitrogens is 6. The lowest BCUT2D eigenvalue weighted by Crippen LogP contribution is -2.36. The highest BCUT2D eigenvalue weighted by Gasteiger charge is 2.43. The number of carbonyl (C=O) groups excluding carboxylic acids is 1. The Morgan fingerprint density at radius 2 is 1.83 bits per heavy atom. The van der Waals surface area contributed by atoms with Crippen molar-refractivity contribution in [3.63, 3.8) is 0 Å². The Kier molecular flexibility index (Phi) is 4.83. The molecule has 4 aromatic heterocycles. The van der Waals surface area contributed by atoms with Gasteiger partial charge in [0.1, 0.15) is 28.1 Å². The number of pyridine rings is 1. The van der Waals surface area contributed by atoms with Crippen molar-refractivity contribution in [3.8, 4) is 0 Å². The maximum atomic E-state index is 13.7. The van der Waals surface area contributed by atoms with E-state index in [0.717, 1.165) is 36.6 Å². The zero-order chi connectivity index (χ0) is 24.4. The molecule has 2 saturated carbocycles. The van der Waals surface area contributed by atoms with E-state index in [9.17, 15) is 14.7 Å². The van der Waals surface area contributed by atoms with Gasteiger partial charge in [-0.2, -0.15) is 5.10 Å². The van der Waals surface area contributed by atoms with E-state index in [1.165, 1.54) is 10.7 Å². The van der Waals surface area contributed by atoms with Crippen LogP contribution < -0.4 is 4.90 Å². The lowest BCUT2D eigenvalue weighted by molar-refractivity contribution is 0.0681. The van der Waals surface area contributed by atoms with Crippen molar-refractivity contribution in [2.75, 3.05) is 11.9 Å². The van der Waals surface area contributed by atoms with Gasteiger partial charge in [-0.25, -0.2) is 14.8 Å². The molecule has 0 bridgehead atoms. The number of aromatic carboxylic acids is 1. The van der Waals surface area contributed by atoms with Gasteiger partial charge in [0, 0.05) is 43.7 Å². The highest BCUT2D eigenvalue weighted by atomic mass is 16.4. The predicted molar refractivity (Wildman–Crippen MR) is 130 cm³/mol. The smallest absolute Gasteiger partial charge is 0.354 e. The molecule has 2 aliphatic rings. The van der Waals surface area contributed by atoms with Crippen LogP contribution in [0, 0.1) is 0 Å². The molecule has 0 unspecified atom stereocenters. The van der Waals surface area contributed by atoms with Gasteiger partial charge in [-0.05, 0) is 45.6 Å². The molecular weight excluding hydrogens is 448 g/mol. The highest BCUT2D eigenvalue weighted by Crippen LogP contribution is 2.40. The Morgan fingerprint density at radius 3 is 2.40 bits per heavy atom. The topological polar surface area (TPSA) is 125 Å².